The first-order valence-electron chi connectivity index (χ1n) is 9.02. The molecule has 0 radical (unpaired) electrons. The third-order valence-corrected chi connectivity index (χ3v) is 4.82. The Balaban J connectivity index is 1.79. The molecule has 0 fully saturated rings. The normalized spacial score (nSPS) is 11.6. The smallest absolute Gasteiger partial charge is 0.154 e. The molecular weight excluding hydrogens is 392 g/mol. The van der Waals surface area contributed by atoms with Crippen molar-refractivity contribution in [3.8, 4) is 0 Å². The molecule has 6 nitrogen and oxygen atoms in total. The van der Waals surface area contributed by atoms with Gasteiger partial charge in [-0.05, 0) is 59.6 Å². The summed E-state index contributed by atoms with van der Waals surface area (Å²) >= 11 is 7.30. The van der Waals surface area contributed by atoms with Crippen molar-refractivity contribution >= 4 is 52.6 Å². The van der Waals surface area contributed by atoms with Gasteiger partial charge in [-0.3, -0.25) is 5.14 Å². The SMILES string of the molecule is CCNN(Cl)CCNc1nc(/C=C/c2ccc(SN)cc2)nc2ccccc12. The maximum Gasteiger partial charge on any atom is 0.154 e. The largest absolute Gasteiger partial charge is 0.368 e. The van der Waals surface area contributed by atoms with Crippen LogP contribution in [0.2, 0.25) is 0 Å². The summed E-state index contributed by atoms with van der Waals surface area (Å²) in [4.78, 5) is 10.3. The van der Waals surface area contributed by atoms with E-state index in [0.29, 0.717) is 18.9 Å². The predicted molar refractivity (Wildman–Crippen MR) is 120 cm³/mol. The Labute approximate surface area is 174 Å². The molecule has 0 aliphatic rings. The molecular formula is C20H23ClN6S. The van der Waals surface area contributed by atoms with Crippen LogP contribution in [0.4, 0.5) is 5.82 Å². The average molecular weight is 415 g/mol. The Bertz CT molecular complexity index is 932. The number of para-hydroxylation sites is 1. The average Bonchev–Trinajstić information content (AvgIpc) is 2.73. The van der Waals surface area contributed by atoms with Crippen molar-refractivity contribution in [1.29, 1.82) is 0 Å². The third kappa shape index (κ3) is 5.67. The maximum atomic E-state index is 6.06. The minimum Gasteiger partial charge on any atom is -0.368 e. The van der Waals surface area contributed by atoms with Gasteiger partial charge in [0.1, 0.15) is 5.82 Å². The van der Waals surface area contributed by atoms with Crippen LogP contribution < -0.4 is 15.9 Å². The minimum atomic E-state index is 0.629. The van der Waals surface area contributed by atoms with Gasteiger partial charge in [0.25, 0.3) is 0 Å². The predicted octanol–water partition coefficient (Wildman–Crippen LogP) is 4.16. The highest BCUT2D eigenvalue weighted by molar-refractivity contribution is 7.97. The number of rotatable bonds is 9. The number of hydrogen-bond donors (Lipinski definition) is 3. The monoisotopic (exact) mass is 414 g/mol. The summed E-state index contributed by atoms with van der Waals surface area (Å²) in [6.45, 7) is 4.06. The summed E-state index contributed by atoms with van der Waals surface area (Å²) in [7, 11) is 0. The lowest BCUT2D eigenvalue weighted by Crippen LogP contribution is -2.33. The first-order chi connectivity index (χ1) is 13.7. The van der Waals surface area contributed by atoms with Gasteiger partial charge in [-0.2, -0.15) is 4.53 Å². The number of fused-ring (bicyclic) bond motifs is 1. The van der Waals surface area contributed by atoms with Crippen LogP contribution in [0.3, 0.4) is 0 Å². The fourth-order valence-corrected chi connectivity index (χ4v) is 3.15. The number of anilines is 1. The highest BCUT2D eigenvalue weighted by Gasteiger charge is 2.06. The Hall–Kier alpha value is -2.16. The van der Waals surface area contributed by atoms with E-state index >= 15 is 0 Å². The quantitative estimate of drug-likeness (QED) is 0.275. The summed E-state index contributed by atoms with van der Waals surface area (Å²) in [6, 6.07) is 16.0. The first kappa shape index (κ1) is 20.6. The molecule has 4 N–H and O–H groups in total. The van der Waals surface area contributed by atoms with Gasteiger partial charge in [-0.25, -0.2) is 15.4 Å². The molecule has 0 atom stereocenters. The number of hydrogen-bond acceptors (Lipinski definition) is 7. The zero-order valence-corrected chi connectivity index (χ0v) is 17.2. The van der Waals surface area contributed by atoms with Crippen LogP contribution >= 0.6 is 23.7 Å². The maximum absolute atomic E-state index is 6.06. The lowest BCUT2D eigenvalue weighted by Gasteiger charge is -2.15. The number of aromatic nitrogens is 2. The molecule has 0 aliphatic heterocycles. The number of nitrogens with one attached hydrogen (secondary N) is 2. The lowest BCUT2D eigenvalue weighted by molar-refractivity contribution is 0.358. The van der Waals surface area contributed by atoms with Crippen molar-refractivity contribution in [1.82, 2.24) is 19.9 Å². The number of benzene rings is 2. The van der Waals surface area contributed by atoms with Crippen LogP contribution in [0.15, 0.2) is 53.4 Å². The van der Waals surface area contributed by atoms with E-state index in [9.17, 15) is 0 Å². The van der Waals surface area contributed by atoms with Gasteiger partial charge in [0.15, 0.2) is 5.82 Å². The van der Waals surface area contributed by atoms with Gasteiger partial charge in [-0.15, -0.1) is 0 Å². The lowest BCUT2D eigenvalue weighted by atomic mass is 10.2. The minimum absolute atomic E-state index is 0.629. The summed E-state index contributed by atoms with van der Waals surface area (Å²) in [5, 5.41) is 9.91. The fraction of sp³-hybridized carbons (Fsp3) is 0.200. The molecule has 0 saturated carbocycles. The Morgan fingerprint density at radius 3 is 2.64 bits per heavy atom. The van der Waals surface area contributed by atoms with E-state index in [0.717, 1.165) is 33.7 Å². The van der Waals surface area contributed by atoms with Crippen molar-refractivity contribution in [2.75, 3.05) is 25.0 Å². The summed E-state index contributed by atoms with van der Waals surface area (Å²) in [5.41, 5.74) is 4.99. The Morgan fingerprint density at radius 2 is 1.89 bits per heavy atom. The van der Waals surface area contributed by atoms with Crippen LogP contribution in [0.1, 0.15) is 18.3 Å². The second-order valence-corrected chi connectivity index (χ2v) is 7.11. The Kier molecular flexibility index (Phi) is 7.64. The summed E-state index contributed by atoms with van der Waals surface area (Å²) in [5.74, 6) is 1.44. The molecule has 8 heteroatoms. The highest BCUT2D eigenvalue weighted by atomic mass is 35.5. The highest BCUT2D eigenvalue weighted by Crippen LogP contribution is 2.21. The second kappa shape index (κ2) is 10.4. The molecule has 0 aliphatic carbocycles. The molecule has 0 saturated heterocycles. The van der Waals surface area contributed by atoms with Gasteiger partial charge in [0.05, 0.1) is 5.52 Å². The first-order valence-corrected chi connectivity index (χ1v) is 10.2. The van der Waals surface area contributed by atoms with E-state index in [4.69, 9.17) is 16.9 Å². The van der Waals surface area contributed by atoms with Crippen molar-refractivity contribution in [3.05, 3.63) is 59.9 Å². The van der Waals surface area contributed by atoms with Gasteiger partial charge >= 0.3 is 0 Å². The van der Waals surface area contributed by atoms with E-state index in [1.165, 1.54) is 11.9 Å². The number of halogens is 1. The van der Waals surface area contributed by atoms with Gasteiger partial charge in [0, 0.05) is 29.9 Å². The number of nitrogens with zero attached hydrogens (tertiary/aromatic N) is 3. The molecule has 0 spiro atoms. The Morgan fingerprint density at radius 1 is 1.11 bits per heavy atom. The van der Waals surface area contributed by atoms with Crippen LogP contribution in [0, 0.1) is 0 Å². The van der Waals surface area contributed by atoms with E-state index in [2.05, 4.69) is 20.7 Å². The summed E-state index contributed by atoms with van der Waals surface area (Å²) in [6.07, 6.45) is 3.90. The second-order valence-electron chi connectivity index (χ2n) is 5.99. The number of hydrazine groups is 1. The molecule has 1 aromatic heterocycles. The van der Waals surface area contributed by atoms with E-state index < -0.39 is 0 Å². The molecule has 0 amide bonds. The van der Waals surface area contributed by atoms with Crippen molar-refractivity contribution < 1.29 is 0 Å². The zero-order chi connectivity index (χ0) is 19.8. The van der Waals surface area contributed by atoms with Gasteiger partial charge in [-0.1, -0.05) is 37.3 Å². The molecule has 28 heavy (non-hydrogen) atoms. The van der Waals surface area contributed by atoms with Crippen molar-refractivity contribution in [3.63, 3.8) is 0 Å². The van der Waals surface area contributed by atoms with Crippen LogP contribution in [0.5, 0.6) is 0 Å². The molecule has 0 bridgehead atoms. The number of nitrogens with two attached hydrogens (primary N) is 1. The van der Waals surface area contributed by atoms with E-state index in [1.54, 1.807) is 4.53 Å². The third-order valence-electron chi connectivity index (χ3n) is 3.99. The zero-order valence-electron chi connectivity index (χ0n) is 15.6. The molecule has 1 heterocycles. The molecule has 146 valence electrons. The van der Waals surface area contributed by atoms with Gasteiger partial charge < -0.3 is 5.32 Å². The summed E-state index contributed by atoms with van der Waals surface area (Å²) < 4.78 is 1.54. The molecule has 3 aromatic rings. The standard InChI is InChI=1S/C20H23ClN6S/c1-2-24-27(21)14-13-23-20-17-5-3-4-6-18(17)25-19(26-20)12-9-15-7-10-16(28-22)11-8-15/h3-12,24H,2,13-14,22H2,1H3,(H,23,25,26)/b12-9+. The van der Waals surface area contributed by atoms with E-state index in [-0.39, 0.29) is 0 Å². The van der Waals surface area contributed by atoms with Gasteiger partial charge in [0.2, 0.25) is 0 Å². The van der Waals surface area contributed by atoms with Crippen molar-refractivity contribution in [2.45, 2.75) is 11.8 Å². The van der Waals surface area contributed by atoms with Crippen LogP contribution in [-0.4, -0.2) is 34.1 Å². The van der Waals surface area contributed by atoms with Crippen LogP contribution in [-0.2, 0) is 0 Å². The molecule has 3 rings (SSSR count). The van der Waals surface area contributed by atoms with Crippen LogP contribution in [0.25, 0.3) is 23.1 Å². The molecule has 0 unspecified atom stereocenters. The van der Waals surface area contributed by atoms with E-state index in [1.807, 2.05) is 67.6 Å². The fourth-order valence-electron chi connectivity index (χ4n) is 2.66. The topological polar surface area (TPSA) is 79.1 Å². The van der Waals surface area contributed by atoms with Crippen molar-refractivity contribution in [2.24, 2.45) is 5.14 Å². The molecule has 2 aromatic carbocycles.